The molecule has 2 N–H and O–H groups in total. The normalized spacial score (nSPS) is 18.8. The zero-order valence-electron chi connectivity index (χ0n) is 18.9. The van der Waals surface area contributed by atoms with E-state index in [1.165, 1.54) is 26.0 Å². The highest BCUT2D eigenvalue weighted by atomic mass is 127. The number of benzene rings is 1. The van der Waals surface area contributed by atoms with E-state index >= 15 is 0 Å². The molecule has 7 nitrogen and oxygen atoms in total. The van der Waals surface area contributed by atoms with Gasteiger partial charge in [-0.2, -0.15) is 8.78 Å². The smallest absolute Gasteiger partial charge is 0.387 e. The molecule has 0 atom stereocenters. The van der Waals surface area contributed by atoms with E-state index in [1.807, 2.05) is 6.92 Å². The van der Waals surface area contributed by atoms with Gasteiger partial charge in [-0.05, 0) is 63.9 Å². The molecule has 182 valence electrons. The molecule has 0 amide bonds. The quantitative estimate of drug-likeness (QED) is 0.270. The third-order valence-corrected chi connectivity index (χ3v) is 6.02. The Morgan fingerprint density at radius 1 is 1.22 bits per heavy atom. The number of rotatable bonds is 9. The first-order valence-corrected chi connectivity index (χ1v) is 11.0. The van der Waals surface area contributed by atoms with Gasteiger partial charge in [0.1, 0.15) is 11.5 Å². The number of guanidine groups is 1. The summed E-state index contributed by atoms with van der Waals surface area (Å²) in [6, 6.07) is 4.76. The summed E-state index contributed by atoms with van der Waals surface area (Å²) >= 11 is 0. The van der Waals surface area contributed by atoms with E-state index in [2.05, 4.69) is 25.3 Å². The highest BCUT2D eigenvalue weighted by Gasteiger charge is 2.39. The first-order chi connectivity index (χ1) is 15.1. The second-order valence-electron chi connectivity index (χ2n) is 7.93. The van der Waals surface area contributed by atoms with Crippen molar-refractivity contribution in [2.24, 2.45) is 4.99 Å². The van der Waals surface area contributed by atoms with Crippen LogP contribution in [-0.2, 0) is 11.3 Å². The maximum Gasteiger partial charge on any atom is 0.387 e. The molecule has 1 aromatic rings. The molecule has 2 heterocycles. The molecule has 0 bridgehead atoms. The Morgan fingerprint density at radius 3 is 2.56 bits per heavy atom. The van der Waals surface area contributed by atoms with Gasteiger partial charge < -0.3 is 24.8 Å². The van der Waals surface area contributed by atoms with Gasteiger partial charge in [0.05, 0.1) is 13.7 Å². The van der Waals surface area contributed by atoms with Crippen LogP contribution in [0.3, 0.4) is 0 Å². The number of alkyl halides is 2. The maximum atomic E-state index is 12.8. The van der Waals surface area contributed by atoms with Crippen molar-refractivity contribution in [3.63, 3.8) is 0 Å². The van der Waals surface area contributed by atoms with E-state index in [0.717, 1.165) is 45.7 Å². The van der Waals surface area contributed by atoms with Crippen LogP contribution in [0, 0.1) is 0 Å². The molecule has 0 aliphatic carbocycles. The fourth-order valence-electron chi connectivity index (χ4n) is 4.32. The number of nitrogens with one attached hydrogen (secondary N) is 2. The molecule has 1 aromatic carbocycles. The summed E-state index contributed by atoms with van der Waals surface area (Å²) in [5.74, 6) is 1.33. The molecule has 2 fully saturated rings. The van der Waals surface area contributed by atoms with Gasteiger partial charge in [-0.1, -0.05) is 0 Å². The van der Waals surface area contributed by atoms with Crippen LogP contribution in [0.4, 0.5) is 8.78 Å². The topological polar surface area (TPSA) is 67.4 Å². The van der Waals surface area contributed by atoms with E-state index < -0.39 is 6.61 Å². The van der Waals surface area contributed by atoms with Crippen molar-refractivity contribution in [2.75, 3.05) is 46.5 Å². The van der Waals surface area contributed by atoms with E-state index in [9.17, 15) is 8.78 Å². The molecule has 2 aliphatic heterocycles. The number of halogens is 3. The number of methoxy groups -OCH3 is 1. The molecule has 0 unspecified atom stereocenters. The fourth-order valence-corrected chi connectivity index (χ4v) is 4.32. The van der Waals surface area contributed by atoms with E-state index in [0.29, 0.717) is 23.8 Å². The van der Waals surface area contributed by atoms with Crippen LogP contribution in [0.15, 0.2) is 23.2 Å². The standard InChI is InChI=1S/C22H34F2N4O3.HI/c1-3-25-21(26-15-17-14-18(29-2)6-7-19(17)31-20(23)24)27-16-22(8-12-30-13-9-22)28-10-4-5-11-28;/h6-7,14,20H,3-5,8-13,15-16H2,1-2H3,(H2,25,26,27);1H. The average Bonchev–Trinajstić information content (AvgIpc) is 3.32. The molecule has 10 heteroatoms. The molecule has 2 saturated heterocycles. The van der Waals surface area contributed by atoms with Crippen molar-refractivity contribution < 1.29 is 23.0 Å². The molecule has 0 spiro atoms. The SMILES string of the molecule is CCNC(=NCc1cc(OC)ccc1OC(F)F)NCC1(N2CCCC2)CCOCC1.I. The third-order valence-electron chi connectivity index (χ3n) is 6.02. The van der Waals surface area contributed by atoms with Gasteiger partial charge in [-0.25, -0.2) is 4.99 Å². The van der Waals surface area contributed by atoms with E-state index in [-0.39, 0.29) is 41.8 Å². The van der Waals surface area contributed by atoms with Crippen LogP contribution in [0.2, 0.25) is 0 Å². The van der Waals surface area contributed by atoms with Crippen molar-refractivity contribution in [1.29, 1.82) is 0 Å². The summed E-state index contributed by atoms with van der Waals surface area (Å²) in [6.45, 7) is 4.53. The van der Waals surface area contributed by atoms with Crippen molar-refractivity contribution in [3.05, 3.63) is 23.8 Å². The van der Waals surface area contributed by atoms with Crippen LogP contribution < -0.4 is 20.1 Å². The van der Waals surface area contributed by atoms with Gasteiger partial charge >= 0.3 is 6.61 Å². The van der Waals surface area contributed by atoms with Gasteiger partial charge in [0.15, 0.2) is 5.96 Å². The van der Waals surface area contributed by atoms with Gasteiger partial charge in [-0.15, -0.1) is 24.0 Å². The number of hydrogen-bond acceptors (Lipinski definition) is 5. The highest BCUT2D eigenvalue weighted by Crippen LogP contribution is 2.31. The van der Waals surface area contributed by atoms with Crippen molar-refractivity contribution in [2.45, 2.75) is 51.3 Å². The highest BCUT2D eigenvalue weighted by molar-refractivity contribution is 14.0. The summed E-state index contributed by atoms with van der Waals surface area (Å²) < 4.78 is 41.1. The minimum atomic E-state index is -2.89. The number of aliphatic imine (C=N–C) groups is 1. The second kappa shape index (κ2) is 13.3. The van der Waals surface area contributed by atoms with Crippen molar-refractivity contribution in [1.82, 2.24) is 15.5 Å². The molecule has 3 rings (SSSR count). The lowest BCUT2D eigenvalue weighted by Crippen LogP contribution is -2.58. The number of hydrogen-bond donors (Lipinski definition) is 2. The third kappa shape index (κ3) is 7.31. The number of ether oxygens (including phenoxy) is 3. The largest absolute Gasteiger partial charge is 0.497 e. The Labute approximate surface area is 206 Å². The lowest BCUT2D eigenvalue weighted by atomic mass is 9.88. The first-order valence-electron chi connectivity index (χ1n) is 11.0. The lowest BCUT2D eigenvalue weighted by molar-refractivity contribution is -0.0504. The first kappa shape index (κ1) is 26.8. The monoisotopic (exact) mass is 568 g/mol. The summed E-state index contributed by atoms with van der Waals surface area (Å²) in [5, 5.41) is 6.75. The van der Waals surface area contributed by atoms with Gasteiger partial charge in [0, 0.05) is 37.4 Å². The maximum absolute atomic E-state index is 12.8. The fraction of sp³-hybridized carbons (Fsp3) is 0.682. The van der Waals surface area contributed by atoms with Gasteiger partial charge in [0.2, 0.25) is 0 Å². The summed E-state index contributed by atoms with van der Waals surface area (Å²) in [5.41, 5.74) is 0.599. The van der Waals surface area contributed by atoms with Crippen molar-refractivity contribution >= 4 is 29.9 Å². The number of likely N-dealkylation sites (tertiary alicyclic amines) is 1. The van der Waals surface area contributed by atoms with Gasteiger partial charge in [-0.3, -0.25) is 4.90 Å². The summed E-state index contributed by atoms with van der Waals surface area (Å²) in [7, 11) is 1.54. The average molecular weight is 568 g/mol. The molecule has 0 radical (unpaired) electrons. The Morgan fingerprint density at radius 2 is 1.94 bits per heavy atom. The number of nitrogens with zero attached hydrogens (tertiary/aromatic N) is 2. The van der Waals surface area contributed by atoms with Crippen LogP contribution in [-0.4, -0.2) is 69.5 Å². The molecular formula is C22H35F2IN4O3. The minimum absolute atomic E-state index is 0. The van der Waals surface area contributed by atoms with Crippen LogP contribution in [0.5, 0.6) is 11.5 Å². The Kier molecular flexibility index (Phi) is 11.2. The molecular weight excluding hydrogens is 533 g/mol. The molecule has 2 aliphatic rings. The Bertz CT molecular complexity index is 727. The predicted octanol–water partition coefficient (Wildman–Crippen LogP) is 3.61. The van der Waals surface area contributed by atoms with Gasteiger partial charge in [0.25, 0.3) is 0 Å². The van der Waals surface area contributed by atoms with Crippen molar-refractivity contribution in [3.8, 4) is 11.5 Å². The zero-order chi connectivity index (χ0) is 22.1. The Balaban J connectivity index is 0.00000363. The van der Waals surface area contributed by atoms with Crippen LogP contribution in [0.25, 0.3) is 0 Å². The predicted molar refractivity (Wildman–Crippen MR) is 131 cm³/mol. The summed E-state index contributed by atoms with van der Waals surface area (Å²) in [6.07, 6.45) is 4.45. The summed E-state index contributed by atoms with van der Waals surface area (Å²) in [4.78, 5) is 7.22. The minimum Gasteiger partial charge on any atom is -0.497 e. The van der Waals surface area contributed by atoms with E-state index in [4.69, 9.17) is 9.47 Å². The Hall–Kier alpha value is -1.40. The lowest BCUT2D eigenvalue weighted by Gasteiger charge is -2.45. The second-order valence-corrected chi connectivity index (χ2v) is 7.93. The molecule has 0 aromatic heterocycles. The van der Waals surface area contributed by atoms with Crippen LogP contribution >= 0.6 is 24.0 Å². The zero-order valence-corrected chi connectivity index (χ0v) is 21.2. The molecule has 0 saturated carbocycles. The van der Waals surface area contributed by atoms with E-state index in [1.54, 1.807) is 12.1 Å². The van der Waals surface area contributed by atoms with Crippen LogP contribution in [0.1, 0.15) is 38.2 Å². The molecule has 32 heavy (non-hydrogen) atoms.